The average Bonchev–Trinajstić information content (AvgIpc) is 3.22. The van der Waals surface area contributed by atoms with Crippen molar-refractivity contribution in [1.82, 2.24) is 20.2 Å². The molecule has 27 heavy (non-hydrogen) atoms. The molecule has 2 aromatic rings. The number of hydrogen-bond acceptors (Lipinski definition) is 3. The van der Waals surface area contributed by atoms with E-state index >= 15 is 0 Å². The van der Waals surface area contributed by atoms with Crippen LogP contribution in [0.5, 0.6) is 0 Å². The molecule has 0 bridgehead atoms. The molecule has 2 heterocycles. The number of carbonyl (C=O) groups excluding carboxylic acids is 2. The lowest BCUT2D eigenvalue weighted by Crippen LogP contribution is -2.38. The van der Waals surface area contributed by atoms with Gasteiger partial charge in [-0.25, -0.2) is 4.98 Å². The number of para-hydroxylation sites is 2. The summed E-state index contributed by atoms with van der Waals surface area (Å²) in [5.74, 6) is 1.15. The van der Waals surface area contributed by atoms with Crippen LogP contribution in [0.2, 0.25) is 0 Å². The summed E-state index contributed by atoms with van der Waals surface area (Å²) in [6.45, 7) is 9.61. The van der Waals surface area contributed by atoms with Gasteiger partial charge < -0.3 is 15.2 Å². The molecule has 6 heteroatoms. The highest BCUT2D eigenvalue weighted by atomic mass is 16.2. The first-order valence-electron chi connectivity index (χ1n) is 9.91. The van der Waals surface area contributed by atoms with Crippen molar-refractivity contribution in [2.24, 2.45) is 17.8 Å². The molecule has 0 aliphatic carbocycles. The third-order valence-corrected chi connectivity index (χ3v) is 5.38. The molecular formula is C21H30N4O2. The Morgan fingerprint density at radius 2 is 2.07 bits per heavy atom. The summed E-state index contributed by atoms with van der Waals surface area (Å²) in [5.41, 5.74) is 1.86. The van der Waals surface area contributed by atoms with E-state index in [0.29, 0.717) is 25.4 Å². The van der Waals surface area contributed by atoms with Gasteiger partial charge in [-0.3, -0.25) is 9.59 Å². The number of amides is 2. The second-order valence-corrected chi connectivity index (χ2v) is 8.10. The molecule has 1 saturated heterocycles. The number of hydrogen-bond donors (Lipinski definition) is 2. The lowest BCUT2D eigenvalue weighted by atomic mass is 9.97. The van der Waals surface area contributed by atoms with E-state index in [1.807, 2.05) is 29.2 Å². The van der Waals surface area contributed by atoms with Crippen LogP contribution in [-0.2, 0) is 9.59 Å². The molecule has 1 aromatic heterocycles. The highest BCUT2D eigenvalue weighted by Gasteiger charge is 2.36. The van der Waals surface area contributed by atoms with Crippen molar-refractivity contribution in [3.05, 3.63) is 30.1 Å². The first kappa shape index (κ1) is 19.4. The molecule has 1 aromatic carbocycles. The molecule has 0 radical (unpaired) electrons. The maximum Gasteiger partial charge on any atom is 0.226 e. The fourth-order valence-corrected chi connectivity index (χ4v) is 3.67. The Bertz CT molecular complexity index is 780. The van der Waals surface area contributed by atoms with Crippen molar-refractivity contribution in [3.8, 4) is 0 Å². The highest BCUT2D eigenvalue weighted by molar-refractivity contribution is 5.89. The molecule has 6 nitrogen and oxygen atoms in total. The van der Waals surface area contributed by atoms with E-state index in [1.165, 1.54) is 0 Å². The van der Waals surface area contributed by atoms with Crippen molar-refractivity contribution in [1.29, 1.82) is 0 Å². The van der Waals surface area contributed by atoms with Crippen LogP contribution in [0.4, 0.5) is 0 Å². The monoisotopic (exact) mass is 370 g/mol. The number of benzene rings is 1. The van der Waals surface area contributed by atoms with Crippen LogP contribution >= 0.6 is 0 Å². The fraction of sp³-hybridized carbons (Fsp3) is 0.571. The summed E-state index contributed by atoms with van der Waals surface area (Å²) in [6, 6.07) is 7.68. The van der Waals surface area contributed by atoms with Crippen LogP contribution in [-0.4, -0.2) is 39.8 Å². The highest BCUT2D eigenvalue weighted by Crippen LogP contribution is 2.26. The maximum absolute atomic E-state index is 12.9. The van der Waals surface area contributed by atoms with Gasteiger partial charge in [0.2, 0.25) is 11.8 Å². The molecule has 146 valence electrons. The summed E-state index contributed by atoms with van der Waals surface area (Å²) < 4.78 is 0. The van der Waals surface area contributed by atoms with Crippen LogP contribution in [0, 0.1) is 17.8 Å². The van der Waals surface area contributed by atoms with Crippen LogP contribution in [0.25, 0.3) is 11.0 Å². The Hall–Kier alpha value is -2.37. The second kappa shape index (κ2) is 8.11. The molecule has 2 N–H and O–H groups in total. The van der Waals surface area contributed by atoms with Gasteiger partial charge in [0.25, 0.3) is 0 Å². The number of likely N-dealkylation sites (tertiary alicyclic amines) is 1. The van der Waals surface area contributed by atoms with Crippen molar-refractivity contribution in [2.75, 3.05) is 13.1 Å². The largest absolute Gasteiger partial charge is 0.346 e. The molecule has 3 rings (SSSR count). The molecule has 0 saturated carbocycles. The van der Waals surface area contributed by atoms with Gasteiger partial charge in [-0.05, 0) is 24.0 Å². The SMILES string of the molecule is CC[C@H](C)[C@H](NC(=O)[C@@H]1CC(=O)N(CC(C)C)C1)c1nc2ccccc2[nH]1. The van der Waals surface area contributed by atoms with E-state index in [2.05, 4.69) is 43.0 Å². The first-order valence-corrected chi connectivity index (χ1v) is 9.91. The van der Waals surface area contributed by atoms with Gasteiger partial charge in [0, 0.05) is 19.5 Å². The van der Waals surface area contributed by atoms with E-state index in [1.54, 1.807) is 0 Å². The fourth-order valence-electron chi connectivity index (χ4n) is 3.67. The number of nitrogens with one attached hydrogen (secondary N) is 2. The van der Waals surface area contributed by atoms with Gasteiger partial charge in [-0.1, -0.05) is 46.2 Å². The number of aromatic nitrogens is 2. The number of carbonyl (C=O) groups is 2. The van der Waals surface area contributed by atoms with E-state index in [9.17, 15) is 9.59 Å². The minimum atomic E-state index is -0.285. The maximum atomic E-state index is 12.9. The van der Waals surface area contributed by atoms with Crippen LogP contribution in [0.3, 0.4) is 0 Å². The molecule has 3 atom stereocenters. The Morgan fingerprint density at radius 1 is 1.33 bits per heavy atom. The summed E-state index contributed by atoms with van der Waals surface area (Å²) in [6.07, 6.45) is 1.22. The van der Waals surface area contributed by atoms with Gasteiger partial charge >= 0.3 is 0 Å². The minimum Gasteiger partial charge on any atom is -0.346 e. The van der Waals surface area contributed by atoms with Gasteiger partial charge in [0.05, 0.1) is 23.0 Å². The quantitative estimate of drug-likeness (QED) is 0.785. The van der Waals surface area contributed by atoms with Crippen LogP contribution in [0.15, 0.2) is 24.3 Å². The second-order valence-electron chi connectivity index (χ2n) is 8.10. The van der Waals surface area contributed by atoms with Gasteiger partial charge in [-0.15, -0.1) is 0 Å². The summed E-state index contributed by atoms with van der Waals surface area (Å²) >= 11 is 0. The molecular weight excluding hydrogens is 340 g/mol. The average molecular weight is 370 g/mol. The Balaban J connectivity index is 1.75. The third kappa shape index (κ3) is 4.31. The summed E-state index contributed by atoms with van der Waals surface area (Å²) in [5, 5.41) is 3.17. The van der Waals surface area contributed by atoms with Gasteiger partial charge in [0.15, 0.2) is 0 Å². The van der Waals surface area contributed by atoms with E-state index in [-0.39, 0.29) is 29.7 Å². The van der Waals surface area contributed by atoms with Gasteiger partial charge in [0.1, 0.15) is 5.82 Å². The Morgan fingerprint density at radius 3 is 2.74 bits per heavy atom. The van der Waals surface area contributed by atoms with Crippen LogP contribution < -0.4 is 5.32 Å². The van der Waals surface area contributed by atoms with Crippen molar-refractivity contribution in [3.63, 3.8) is 0 Å². The van der Waals surface area contributed by atoms with Crippen molar-refractivity contribution in [2.45, 2.75) is 46.6 Å². The molecule has 0 unspecified atom stereocenters. The minimum absolute atomic E-state index is 0.0552. The van der Waals surface area contributed by atoms with Crippen molar-refractivity contribution < 1.29 is 9.59 Å². The number of nitrogens with zero attached hydrogens (tertiary/aromatic N) is 2. The van der Waals surface area contributed by atoms with Crippen molar-refractivity contribution >= 4 is 22.8 Å². The first-order chi connectivity index (χ1) is 12.9. The molecule has 2 amide bonds. The number of aromatic amines is 1. The van der Waals surface area contributed by atoms with Crippen LogP contribution in [0.1, 0.15) is 52.4 Å². The lowest BCUT2D eigenvalue weighted by molar-refractivity contribution is -0.129. The Labute approximate surface area is 160 Å². The topological polar surface area (TPSA) is 78.1 Å². The molecule has 1 fully saturated rings. The Kier molecular flexibility index (Phi) is 5.82. The number of rotatable bonds is 7. The summed E-state index contributed by atoms with van der Waals surface area (Å²) in [7, 11) is 0. The third-order valence-electron chi connectivity index (χ3n) is 5.38. The predicted octanol–water partition coefficient (Wildman–Crippen LogP) is 3.27. The zero-order valence-electron chi connectivity index (χ0n) is 16.7. The standard InChI is InChI=1S/C21H30N4O2/c1-5-14(4)19(20-22-16-8-6-7-9-17(16)23-20)24-21(27)15-10-18(26)25(12-15)11-13(2)3/h6-9,13-15,19H,5,10-12H2,1-4H3,(H,22,23)(H,24,27)/t14-,15+,19-/m0/s1. The zero-order chi connectivity index (χ0) is 19.6. The smallest absolute Gasteiger partial charge is 0.226 e. The number of fused-ring (bicyclic) bond motifs is 1. The summed E-state index contributed by atoms with van der Waals surface area (Å²) in [4.78, 5) is 35.0. The number of imidazole rings is 1. The van der Waals surface area contributed by atoms with Gasteiger partial charge in [-0.2, -0.15) is 0 Å². The molecule has 0 spiro atoms. The zero-order valence-corrected chi connectivity index (χ0v) is 16.7. The lowest BCUT2D eigenvalue weighted by Gasteiger charge is -2.24. The predicted molar refractivity (Wildman–Crippen MR) is 106 cm³/mol. The molecule has 1 aliphatic heterocycles. The van der Waals surface area contributed by atoms with E-state index in [0.717, 1.165) is 23.3 Å². The normalized spacial score (nSPS) is 19.7. The van der Waals surface area contributed by atoms with E-state index < -0.39 is 0 Å². The van der Waals surface area contributed by atoms with E-state index in [4.69, 9.17) is 0 Å². The number of H-pyrrole nitrogens is 1. The molecule has 1 aliphatic rings.